The van der Waals surface area contributed by atoms with E-state index in [1.165, 1.54) is 17.2 Å². The van der Waals surface area contributed by atoms with Crippen molar-refractivity contribution in [2.45, 2.75) is 77.3 Å². The van der Waals surface area contributed by atoms with Crippen LogP contribution in [0.2, 0.25) is 21.6 Å². The van der Waals surface area contributed by atoms with Gasteiger partial charge in [-0.25, -0.2) is 19.6 Å². The van der Waals surface area contributed by atoms with Crippen molar-refractivity contribution in [3.63, 3.8) is 0 Å². The fraction of sp³-hybridized carbons (Fsp3) is 0.438. The first-order chi connectivity index (χ1) is 21.5. The number of carbonyl (C=O) groups excluding carboxylic acids is 1. The molecule has 4 rings (SSSR count). The van der Waals surface area contributed by atoms with Crippen molar-refractivity contribution in [2.75, 3.05) is 18.5 Å². The summed E-state index contributed by atoms with van der Waals surface area (Å²) in [5.74, 6) is 0.0305. The molecule has 0 bridgehead atoms. The summed E-state index contributed by atoms with van der Waals surface area (Å²) in [6.45, 7) is 15.7. The Balaban J connectivity index is 1.59. The summed E-state index contributed by atoms with van der Waals surface area (Å²) in [5.41, 5.74) is 2.36. The second-order valence-corrected chi connectivity index (χ2v) is 17.7. The molecule has 3 aromatic heterocycles. The second-order valence-electron chi connectivity index (χ2n) is 11.8. The Morgan fingerprint density at radius 1 is 1.00 bits per heavy atom. The van der Waals surface area contributed by atoms with Crippen LogP contribution in [0.3, 0.4) is 0 Å². The Kier molecular flexibility index (Phi) is 11.3. The maximum absolute atomic E-state index is 13.5. The summed E-state index contributed by atoms with van der Waals surface area (Å²) in [6, 6.07) is 12.3. The molecule has 13 heteroatoms. The molecule has 0 saturated carbocycles. The molecule has 0 aliphatic heterocycles. The lowest BCUT2D eigenvalue weighted by atomic mass is 10.2. The lowest BCUT2D eigenvalue weighted by molar-refractivity contribution is -0.127. The number of nitriles is 1. The predicted octanol–water partition coefficient (Wildman–Crippen LogP) is 6.72. The molecule has 0 aliphatic carbocycles. The van der Waals surface area contributed by atoms with Crippen LogP contribution in [0.4, 0.5) is 5.82 Å². The van der Waals surface area contributed by atoms with Crippen LogP contribution in [0.5, 0.6) is 5.88 Å². The van der Waals surface area contributed by atoms with Gasteiger partial charge in [0.1, 0.15) is 29.3 Å². The van der Waals surface area contributed by atoms with E-state index in [0.29, 0.717) is 56.4 Å². The van der Waals surface area contributed by atoms with E-state index in [9.17, 15) is 10.1 Å². The van der Waals surface area contributed by atoms with E-state index in [1.807, 2.05) is 6.92 Å². The van der Waals surface area contributed by atoms with Crippen LogP contribution >= 0.6 is 11.6 Å². The van der Waals surface area contributed by atoms with Gasteiger partial charge in [0.2, 0.25) is 12.0 Å². The number of para-hydroxylation sites is 1. The summed E-state index contributed by atoms with van der Waals surface area (Å²) in [4.78, 5) is 26.4. The highest BCUT2D eigenvalue weighted by atomic mass is 35.5. The third kappa shape index (κ3) is 7.50. The number of ether oxygens (including phenoxy) is 2. The Morgan fingerprint density at radius 3 is 2.38 bits per heavy atom. The molecule has 0 fully saturated rings. The zero-order valence-electron chi connectivity index (χ0n) is 26.7. The molecule has 0 saturated heterocycles. The monoisotopic (exact) mass is 649 g/mol. The van der Waals surface area contributed by atoms with Gasteiger partial charge in [0, 0.05) is 6.20 Å². The van der Waals surface area contributed by atoms with E-state index < -0.39 is 20.3 Å². The molecule has 3 heterocycles. The van der Waals surface area contributed by atoms with E-state index in [-0.39, 0.29) is 18.6 Å². The van der Waals surface area contributed by atoms with Crippen molar-refractivity contribution >= 4 is 42.7 Å². The number of hydrogen-bond donors (Lipinski definition) is 1. The van der Waals surface area contributed by atoms with Crippen molar-refractivity contribution < 1.29 is 18.7 Å². The van der Waals surface area contributed by atoms with Crippen molar-refractivity contribution in [1.29, 1.82) is 5.26 Å². The summed E-state index contributed by atoms with van der Waals surface area (Å²) < 4.78 is 20.6. The third-order valence-electron chi connectivity index (χ3n) is 7.92. The molecule has 2 atom stereocenters. The Morgan fingerprint density at radius 2 is 1.73 bits per heavy atom. The van der Waals surface area contributed by atoms with Gasteiger partial charge in [-0.3, -0.25) is 4.79 Å². The van der Waals surface area contributed by atoms with E-state index in [1.54, 1.807) is 42.6 Å². The molecule has 4 aromatic rings. The maximum Gasteiger partial charge on any atom is 0.269 e. The van der Waals surface area contributed by atoms with Crippen molar-refractivity contribution in [1.82, 2.24) is 24.7 Å². The van der Waals surface area contributed by atoms with Gasteiger partial charge in [-0.1, -0.05) is 65.3 Å². The summed E-state index contributed by atoms with van der Waals surface area (Å²) >= 11 is 6.45. The molecule has 11 nitrogen and oxygen atoms in total. The molecule has 0 aliphatic rings. The van der Waals surface area contributed by atoms with Gasteiger partial charge in [-0.15, -0.1) is 0 Å². The minimum atomic E-state index is -2.10. The topological polar surface area (TPSA) is 137 Å². The van der Waals surface area contributed by atoms with Gasteiger partial charge < -0.3 is 19.2 Å². The van der Waals surface area contributed by atoms with Gasteiger partial charge in [-0.05, 0) is 47.8 Å². The van der Waals surface area contributed by atoms with Crippen LogP contribution in [0.25, 0.3) is 16.7 Å². The maximum atomic E-state index is 13.5. The summed E-state index contributed by atoms with van der Waals surface area (Å²) in [6.07, 6.45) is 2.99. The number of amides is 1. The molecule has 0 spiro atoms. The molecule has 45 heavy (non-hydrogen) atoms. The molecule has 0 radical (unpaired) electrons. The molecule has 2 unspecified atom stereocenters. The standard InChI is InChI=1S/C32H40ClN7O4Si/c1-20(2)45(21(3)4,22(5)6)43-17-23(7)42-18-27(31(41)39-28-13-8-9-14-35-28)44-32-25-16-38-40(30(25)36-19-37-32)29-24(15-34)11-10-12-26(29)33/h8-14,16,19-23,27H,17-18H2,1-7H3,(H,35,39,41). The number of hydrogen-bond acceptors (Lipinski definition) is 9. The van der Waals surface area contributed by atoms with Crippen LogP contribution in [0, 0.1) is 11.3 Å². The van der Waals surface area contributed by atoms with Gasteiger partial charge in [-0.2, -0.15) is 10.4 Å². The predicted molar refractivity (Wildman–Crippen MR) is 176 cm³/mol. The number of aromatic nitrogens is 5. The Labute approximate surface area is 270 Å². The van der Waals surface area contributed by atoms with E-state index in [0.717, 1.165) is 0 Å². The van der Waals surface area contributed by atoms with Crippen LogP contribution in [-0.4, -0.2) is 64.4 Å². The van der Waals surface area contributed by atoms with Gasteiger partial charge in [0.25, 0.3) is 5.91 Å². The minimum Gasteiger partial charge on any atom is -0.461 e. The van der Waals surface area contributed by atoms with Crippen molar-refractivity contribution in [3.8, 4) is 17.6 Å². The molecule has 1 aromatic carbocycles. The van der Waals surface area contributed by atoms with E-state index >= 15 is 0 Å². The molecular formula is C32H40ClN7O4Si. The summed E-state index contributed by atoms with van der Waals surface area (Å²) in [5, 5.41) is 17.6. The van der Waals surface area contributed by atoms with Crippen molar-refractivity contribution in [3.05, 3.63) is 65.7 Å². The summed E-state index contributed by atoms with van der Waals surface area (Å²) in [7, 11) is -2.10. The molecule has 238 valence electrons. The number of benzene rings is 1. The lowest BCUT2D eigenvalue weighted by Gasteiger charge is -2.42. The Bertz CT molecular complexity index is 1620. The Hall–Kier alpha value is -3.89. The first kappa shape index (κ1) is 34.0. The van der Waals surface area contributed by atoms with Crippen LogP contribution in [0.15, 0.2) is 55.1 Å². The third-order valence-corrected chi connectivity index (χ3v) is 14.3. The largest absolute Gasteiger partial charge is 0.461 e. The van der Waals surface area contributed by atoms with Gasteiger partial charge in [0.05, 0.1) is 36.1 Å². The quantitative estimate of drug-likeness (QED) is 0.148. The molecule has 1 N–H and O–H groups in total. The first-order valence-electron chi connectivity index (χ1n) is 15.0. The average Bonchev–Trinajstić information content (AvgIpc) is 3.43. The number of rotatable bonds is 14. The highest BCUT2D eigenvalue weighted by Crippen LogP contribution is 2.42. The first-order valence-corrected chi connectivity index (χ1v) is 17.5. The van der Waals surface area contributed by atoms with Crippen LogP contribution < -0.4 is 10.1 Å². The number of pyridine rings is 1. The van der Waals surface area contributed by atoms with E-state index in [2.05, 4.69) is 73.0 Å². The highest BCUT2D eigenvalue weighted by Gasteiger charge is 2.45. The average molecular weight is 650 g/mol. The fourth-order valence-electron chi connectivity index (χ4n) is 5.90. The smallest absolute Gasteiger partial charge is 0.269 e. The van der Waals surface area contributed by atoms with Gasteiger partial charge >= 0.3 is 0 Å². The zero-order valence-corrected chi connectivity index (χ0v) is 28.4. The highest BCUT2D eigenvalue weighted by molar-refractivity contribution is 6.77. The van der Waals surface area contributed by atoms with E-state index in [4.69, 9.17) is 25.5 Å². The second kappa shape index (κ2) is 14.9. The fourth-order valence-corrected chi connectivity index (χ4v) is 11.7. The normalized spacial score (nSPS) is 13.3. The minimum absolute atomic E-state index is 0.0779. The van der Waals surface area contributed by atoms with Gasteiger partial charge in [0.15, 0.2) is 14.0 Å². The number of anilines is 1. The zero-order chi connectivity index (χ0) is 32.7. The SMILES string of the molecule is CC(CO[Si](C(C)C)(C(C)C)C(C)C)OCC(Oc1ncnc2c1cnn2-c1c(Cl)cccc1C#N)C(=O)Nc1ccccn1. The molecule has 1 amide bonds. The number of nitrogens with one attached hydrogen (secondary N) is 1. The number of carbonyl (C=O) groups is 1. The number of fused-ring (bicyclic) bond motifs is 1. The molecular weight excluding hydrogens is 610 g/mol. The number of halogens is 1. The van der Waals surface area contributed by atoms with Crippen LogP contribution in [0.1, 0.15) is 54.0 Å². The lowest BCUT2D eigenvalue weighted by Crippen LogP contribution is -2.49. The van der Waals surface area contributed by atoms with Crippen LogP contribution in [-0.2, 0) is 14.0 Å². The number of nitrogens with zero attached hydrogens (tertiary/aromatic N) is 6. The van der Waals surface area contributed by atoms with Crippen molar-refractivity contribution in [2.24, 2.45) is 0 Å².